The standard InChI is InChI=1S/C27H29N9O2/c1-4-24(37)35-11-13-36(14-12-35)27-30-16-23-25(34-27)26(32-17-31-23)33-18-5-7-19(8-6-18)38-20-9-10-21(28-2)22(15-20)29-3/h4-10,15-17,28-29H,1,11-14H2,2-3H3,(H,31,32,33). The predicted molar refractivity (Wildman–Crippen MR) is 149 cm³/mol. The third-order valence-corrected chi connectivity index (χ3v) is 6.30. The number of ether oxygens (including phenoxy) is 1. The SMILES string of the molecule is C=CC(=O)N1CCN(c2ncc3ncnc(Nc4ccc(Oc5ccc(NC)c(NC)c5)cc4)c3n2)CC1. The van der Waals surface area contributed by atoms with Crippen LogP contribution in [0.1, 0.15) is 0 Å². The first kappa shape index (κ1) is 24.8. The minimum absolute atomic E-state index is 0.0604. The molecule has 0 atom stereocenters. The van der Waals surface area contributed by atoms with Crippen molar-refractivity contribution in [1.82, 2.24) is 24.8 Å². The van der Waals surface area contributed by atoms with Gasteiger partial charge in [0.15, 0.2) is 5.82 Å². The van der Waals surface area contributed by atoms with E-state index in [4.69, 9.17) is 9.72 Å². The van der Waals surface area contributed by atoms with E-state index in [1.807, 2.05) is 56.6 Å². The first-order valence-electron chi connectivity index (χ1n) is 12.3. The van der Waals surface area contributed by atoms with Crippen molar-refractivity contribution in [2.24, 2.45) is 0 Å². The van der Waals surface area contributed by atoms with Gasteiger partial charge in [0, 0.05) is 52.0 Å². The third-order valence-electron chi connectivity index (χ3n) is 6.30. The lowest BCUT2D eigenvalue weighted by molar-refractivity contribution is -0.126. The molecule has 4 aromatic rings. The number of piperazine rings is 1. The molecule has 11 nitrogen and oxygen atoms in total. The maximum absolute atomic E-state index is 11.9. The summed E-state index contributed by atoms with van der Waals surface area (Å²) in [4.78, 5) is 33.7. The number of nitrogens with one attached hydrogen (secondary N) is 3. The highest BCUT2D eigenvalue weighted by Crippen LogP contribution is 2.31. The zero-order valence-electron chi connectivity index (χ0n) is 21.3. The van der Waals surface area contributed by atoms with Crippen LogP contribution in [0.3, 0.4) is 0 Å². The van der Waals surface area contributed by atoms with E-state index in [1.165, 1.54) is 12.4 Å². The van der Waals surface area contributed by atoms with Gasteiger partial charge < -0.3 is 30.5 Å². The van der Waals surface area contributed by atoms with E-state index >= 15 is 0 Å². The number of hydrogen-bond donors (Lipinski definition) is 3. The van der Waals surface area contributed by atoms with Crippen LogP contribution in [0.4, 0.5) is 28.8 Å². The Hall–Kier alpha value is -4.93. The van der Waals surface area contributed by atoms with E-state index in [2.05, 4.69) is 42.4 Å². The molecule has 2 aromatic carbocycles. The first-order valence-corrected chi connectivity index (χ1v) is 12.3. The second kappa shape index (κ2) is 11.0. The van der Waals surface area contributed by atoms with Crippen molar-refractivity contribution in [3.8, 4) is 11.5 Å². The van der Waals surface area contributed by atoms with Crippen molar-refractivity contribution in [3.63, 3.8) is 0 Å². The Labute approximate surface area is 220 Å². The summed E-state index contributed by atoms with van der Waals surface area (Å²) in [5.41, 5.74) is 4.03. The molecule has 1 fully saturated rings. The van der Waals surface area contributed by atoms with Crippen molar-refractivity contribution in [2.45, 2.75) is 0 Å². The molecule has 1 saturated heterocycles. The minimum atomic E-state index is -0.0604. The predicted octanol–water partition coefficient (Wildman–Crippen LogP) is 3.87. The number of carbonyl (C=O) groups excluding carboxylic acids is 1. The molecule has 0 aliphatic carbocycles. The van der Waals surface area contributed by atoms with Crippen LogP contribution >= 0.6 is 0 Å². The first-order chi connectivity index (χ1) is 18.6. The molecule has 5 rings (SSSR count). The van der Waals surface area contributed by atoms with E-state index in [0.717, 1.165) is 22.8 Å². The molecule has 1 aliphatic rings. The van der Waals surface area contributed by atoms with Gasteiger partial charge in [-0.2, -0.15) is 0 Å². The lowest BCUT2D eigenvalue weighted by Gasteiger charge is -2.34. The number of nitrogens with zero attached hydrogens (tertiary/aromatic N) is 6. The molecule has 0 saturated carbocycles. The molecule has 1 amide bonds. The van der Waals surface area contributed by atoms with Gasteiger partial charge in [0.2, 0.25) is 11.9 Å². The average Bonchev–Trinajstić information content (AvgIpc) is 2.97. The second-order valence-corrected chi connectivity index (χ2v) is 8.60. The smallest absolute Gasteiger partial charge is 0.246 e. The van der Waals surface area contributed by atoms with Gasteiger partial charge in [0.05, 0.1) is 17.6 Å². The Bertz CT molecular complexity index is 1450. The largest absolute Gasteiger partial charge is 0.457 e. The number of aromatic nitrogens is 4. The summed E-state index contributed by atoms with van der Waals surface area (Å²) in [7, 11) is 3.75. The van der Waals surface area contributed by atoms with Gasteiger partial charge in [-0.15, -0.1) is 0 Å². The fourth-order valence-electron chi connectivity index (χ4n) is 4.24. The third kappa shape index (κ3) is 5.26. The molecular weight excluding hydrogens is 482 g/mol. The van der Waals surface area contributed by atoms with Gasteiger partial charge in [-0.1, -0.05) is 6.58 Å². The topological polar surface area (TPSA) is 120 Å². The van der Waals surface area contributed by atoms with E-state index < -0.39 is 0 Å². The number of benzene rings is 2. The van der Waals surface area contributed by atoms with Crippen LogP contribution in [0.25, 0.3) is 11.0 Å². The maximum Gasteiger partial charge on any atom is 0.246 e. The summed E-state index contributed by atoms with van der Waals surface area (Å²) in [6.07, 6.45) is 4.53. The molecular formula is C27H29N9O2. The molecule has 0 unspecified atom stereocenters. The van der Waals surface area contributed by atoms with Crippen LogP contribution in [0.2, 0.25) is 0 Å². The fraction of sp³-hybridized carbons (Fsp3) is 0.222. The maximum atomic E-state index is 11.9. The van der Waals surface area contributed by atoms with Crippen LogP contribution in [-0.4, -0.2) is 71.0 Å². The monoisotopic (exact) mass is 511 g/mol. The highest BCUT2D eigenvalue weighted by molar-refractivity contribution is 5.88. The lowest BCUT2D eigenvalue weighted by atomic mass is 10.2. The molecule has 38 heavy (non-hydrogen) atoms. The number of anilines is 5. The van der Waals surface area contributed by atoms with Crippen molar-refractivity contribution in [1.29, 1.82) is 0 Å². The Morgan fingerprint density at radius 3 is 2.39 bits per heavy atom. The van der Waals surface area contributed by atoms with E-state index in [-0.39, 0.29) is 5.91 Å². The van der Waals surface area contributed by atoms with Gasteiger partial charge in [0.25, 0.3) is 0 Å². The van der Waals surface area contributed by atoms with Gasteiger partial charge >= 0.3 is 0 Å². The Balaban J connectivity index is 1.30. The Morgan fingerprint density at radius 1 is 0.947 bits per heavy atom. The Kier molecular flexibility index (Phi) is 7.16. The Morgan fingerprint density at radius 2 is 1.68 bits per heavy atom. The minimum Gasteiger partial charge on any atom is -0.457 e. The van der Waals surface area contributed by atoms with E-state index in [9.17, 15) is 4.79 Å². The van der Waals surface area contributed by atoms with Gasteiger partial charge in [-0.3, -0.25) is 4.79 Å². The molecule has 194 valence electrons. The summed E-state index contributed by atoms with van der Waals surface area (Å²) in [5, 5.41) is 9.64. The summed E-state index contributed by atoms with van der Waals surface area (Å²) < 4.78 is 6.03. The van der Waals surface area contributed by atoms with Gasteiger partial charge in [-0.05, 0) is 42.5 Å². The molecule has 0 radical (unpaired) electrons. The molecule has 1 aliphatic heterocycles. The second-order valence-electron chi connectivity index (χ2n) is 8.60. The summed E-state index contributed by atoms with van der Waals surface area (Å²) >= 11 is 0. The van der Waals surface area contributed by atoms with Crippen LogP contribution in [0, 0.1) is 0 Å². The molecule has 11 heteroatoms. The van der Waals surface area contributed by atoms with Gasteiger partial charge in [0.1, 0.15) is 28.9 Å². The molecule has 3 heterocycles. The van der Waals surface area contributed by atoms with Crippen LogP contribution in [0.15, 0.2) is 67.6 Å². The van der Waals surface area contributed by atoms with E-state index in [1.54, 1.807) is 11.1 Å². The molecule has 3 N–H and O–H groups in total. The van der Waals surface area contributed by atoms with Gasteiger partial charge in [-0.25, -0.2) is 19.9 Å². The molecule has 2 aromatic heterocycles. The quantitative estimate of drug-likeness (QED) is 0.301. The van der Waals surface area contributed by atoms with E-state index in [0.29, 0.717) is 54.7 Å². The number of carbonyl (C=O) groups is 1. The molecule has 0 bridgehead atoms. The molecule has 0 spiro atoms. The highest BCUT2D eigenvalue weighted by Gasteiger charge is 2.22. The average molecular weight is 512 g/mol. The number of hydrogen-bond acceptors (Lipinski definition) is 10. The number of fused-ring (bicyclic) bond motifs is 1. The summed E-state index contributed by atoms with van der Waals surface area (Å²) in [6, 6.07) is 13.4. The van der Waals surface area contributed by atoms with Crippen molar-refractivity contribution < 1.29 is 9.53 Å². The summed E-state index contributed by atoms with van der Waals surface area (Å²) in [6.45, 7) is 6.02. The van der Waals surface area contributed by atoms with Crippen molar-refractivity contribution in [2.75, 3.05) is 61.1 Å². The summed E-state index contributed by atoms with van der Waals surface area (Å²) in [5.74, 6) is 2.54. The lowest BCUT2D eigenvalue weighted by Crippen LogP contribution is -2.48. The fourth-order valence-corrected chi connectivity index (χ4v) is 4.24. The number of rotatable bonds is 8. The normalized spacial score (nSPS) is 13.2. The zero-order chi connectivity index (χ0) is 26.5. The van der Waals surface area contributed by atoms with Crippen LogP contribution < -0.4 is 25.6 Å². The van der Waals surface area contributed by atoms with Crippen molar-refractivity contribution in [3.05, 3.63) is 67.6 Å². The number of amides is 1. The van der Waals surface area contributed by atoms with Crippen LogP contribution in [-0.2, 0) is 4.79 Å². The highest BCUT2D eigenvalue weighted by atomic mass is 16.5. The zero-order valence-corrected chi connectivity index (χ0v) is 21.3. The van der Waals surface area contributed by atoms with Crippen LogP contribution in [0.5, 0.6) is 11.5 Å². The van der Waals surface area contributed by atoms with Crippen molar-refractivity contribution >= 4 is 45.8 Å².